The normalized spacial score (nSPS) is 10.2. The van der Waals surface area contributed by atoms with Crippen molar-refractivity contribution in [3.05, 3.63) is 35.9 Å². The molecule has 0 saturated heterocycles. The second-order valence-electron chi connectivity index (χ2n) is 2.60. The second-order valence-corrected chi connectivity index (χ2v) is 5.31. The van der Waals surface area contributed by atoms with Crippen LogP contribution in [-0.4, -0.2) is 23.2 Å². The van der Waals surface area contributed by atoms with Crippen molar-refractivity contribution in [3.8, 4) is 0 Å². The molecular weight excluding hydrogens is 200 g/mol. The minimum absolute atomic E-state index is 0.281. The quantitative estimate of drug-likeness (QED) is 0.580. The Kier molecular flexibility index (Phi) is 6.15. The maximum atomic E-state index is 8.55. The molecule has 0 aliphatic heterocycles. The van der Waals surface area contributed by atoms with Crippen molar-refractivity contribution in [1.29, 1.82) is 0 Å². The zero-order chi connectivity index (χ0) is 9.36. The lowest BCUT2D eigenvalue weighted by atomic mass is 10.2. The van der Waals surface area contributed by atoms with Crippen LogP contribution in [0, 0.1) is 0 Å². The molecule has 0 bridgehead atoms. The van der Waals surface area contributed by atoms with Gasteiger partial charge in [-0.25, -0.2) is 0 Å². The van der Waals surface area contributed by atoms with E-state index in [4.69, 9.17) is 5.11 Å². The number of hydrogen-bond acceptors (Lipinski definition) is 3. The molecule has 0 aromatic heterocycles. The smallest absolute Gasteiger partial charge is 0.0530 e. The van der Waals surface area contributed by atoms with Crippen LogP contribution in [-0.2, 0) is 6.42 Å². The Bertz CT molecular complexity index is 213. The van der Waals surface area contributed by atoms with Crippen molar-refractivity contribution in [1.82, 2.24) is 0 Å². The van der Waals surface area contributed by atoms with Gasteiger partial charge >= 0.3 is 0 Å². The average Bonchev–Trinajstić information content (AvgIpc) is 2.19. The first-order chi connectivity index (χ1) is 6.43. The zero-order valence-electron chi connectivity index (χ0n) is 7.48. The molecule has 0 radical (unpaired) electrons. The zero-order valence-corrected chi connectivity index (χ0v) is 9.11. The number of rotatable bonds is 6. The summed E-state index contributed by atoms with van der Waals surface area (Å²) in [6.45, 7) is 0.281. The summed E-state index contributed by atoms with van der Waals surface area (Å²) in [6.07, 6.45) is 1.12. The van der Waals surface area contributed by atoms with Crippen molar-refractivity contribution in [2.75, 3.05) is 18.1 Å². The summed E-state index contributed by atoms with van der Waals surface area (Å²) >= 11 is 0. The molecule has 1 rings (SSSR count). The number of aliphatic hydroxyl groups is 1. The fourth-order valence-corrected chi connectivity index (χ4v) is 2.77. The Labute approximate surface area is 87.3 Å². The first kappa shape index (κ1) is 11.0. The van der Waals surface area contributed by atoms with Crippen LogP contribution in [0.2, 0.25) is 0 Å². The van der Waals surface area contributed by atoms with Crippen molar-refractivity contribution in [3.63, 3.8) is 0 Å². The molecule has 1 nitrogen and oxygen atoms in total. The molecule has 0 aliphatic carbocycles. The molecule has 1 aromatic rings. The van der Waals surface area contributed by atoms with Gasteiger partial charge in [-0.2, -0.15) is 0 Å². The van der Waals surface area contributed by atoms with Crippen LogP contribution < -0.4 is 0 Å². The second kappa shape index (κ2) is 7.30. The lowest BCUT2D eigenvalue weighted by molar-refractivity contribution is 0.323. The molecule has 72 valence electrons. The minimum Gasteiger partial charge on any atom is -0.395 e. The highest BCUT2D eigenvalue weighted by atomic mass is 33.1. The topological polar surface area (TPSA) is 20.2 Å². The Balaban J connectivity index is 2.07. The number of hydrogen-bond donors (Lipinski definition) is 1. The predicted octanol–water partition coefficient (Wildman–Crippen LogP) is 2.60. The number of aryl methyl sites for hydroxylation is 1. The molecule has 0 atom stereocenters. The molecule has 0 amide bonds. The van der Waals surface area contributed by atoms with E-state index in [1.54, 1.807) is 10.8 Å². The number of aliphatic hydroxyl groups excluding tert-OH is 1. The largest absolute Gasteiger partial charge is 0.395 e. The Hall–Kier alpha value is -0.120. The molecule has 0 aliphatic rings. The summed E-state index contributed by atoms with van der Waals surface area (Å²) in [6, 6.07) is 10.5. The van der Waals surface area contributed by atoms with E-state index in [1.807, 2.05) is 16.9 Å². The summed E-state index contributed by atoms with van der Waals surface area (Å²) in [5.74, 6) is 1.95. The van der Waals surface area contributed by atoms with Crippen molar-refractivity contribution < 1.29 is 5.11 Å². The van der Waals surface area contributed by atoms with Gasteiger partial charge < -0.3 is 5.11 Å². The van der Waals surface area contributed by atoms with Crippen LogP contribution >= 0.6 is 21.6 Å². The van der Waals surface area contributed by atoms with Gasteiger partial charge in [-0.15, -0.1) is 0 Å². The SMILES string of the molecule is OCCSSCCc1ccccc1. The van der Waals surface area contributed by atoms with E-state index in [2.05, 4.69) is 24.3 Å². The van der Waals surface area contributed by atoms with Crippen molar-refractivity contribution >= 4 is 21.6 Å². The summed E-state index contributed by atoms with van der Waals surface area (Å²) in [5.41, 5.74) is 1.39. The van der Waals surface area contributed by atoms with Gasteiger partial charge in [0.25, 0.3) is 0 Å². The first-order valence-corrected chi connectivity index (χ1v) is 6.81. The third-order valence-electron chi connectivity index (χ3n) is 1.57. The van der Waals surface area contributed by atoms with Gasteiger partial charge in [-0.1, -0.05) is 51.9 Å². The summed E-state index contributed by atoms with van der Waals surface area (Å²) < 4.78 is 0. The van der Waals surface area contributed by atoms with Crippen LogP contribution in [0.3, 0.4) is 0 Å². The van der Waals surface area contributed by atoms with Gasteiger partial charge in [0.05, 0.1) is 6.61 Å². The van der Waals surface area contributed by atoms with E-state index in [1.165, 1.54) is 5.56 Å². The fourth-order valence-electron chi connectivity index (χ4n) is 0.959. The summed E-state index contributed by atoms with van der Waals surface area (Å²) in [5, 5.41) is 8.55. The van der Waals surface area contributed by atoms with Crippen LogP contribution in [0.15, 0.2) is 30.3 Å². The summed E-state index contributed by atoms with van der Waals surface area (Å²) in [4.78, 5) is 0. The van der Waals surface area contributed by atoms with Gasteiger partial charge in [-0.3, -0.25) is 0 Å². The van der Waals surface area contributed by atoms with E-state index in [0.717, 1.165) is 17.9 Å². The highest BCUT2D eigenvalue weighted by molar-refractivity contribution is 8.76. The molecule has 0 saturated carbocycles. The van der Waals surface area contributed by atoms with E-state index in [0.29, 0.717) is 0 Å². The Morgan fingerprint density at radius 3 is 2.38 bits per heavy atom. The molecule has 13 heavy (non-hydrogen) atoms. The molecule has 0 heterocycles. The standard InChI is InChI=1S/C10H14OS2/c11-7-9-13-12-8-6-10-4-2-1-3-5-10/h1-5,11H,6-9H2. The van der Waals surface area contributed by atoms with Gasteiger partial charge in [0.2, 0.25) is 0 Å². The Morgan fingerprint density at radius 1 is 1.00 bits per heavy atom. The van der Waals surface area contributed by atoms with Crippen molar-refractivity contribution in [2.45, 2.75) is 6.42 Å². The van der Waals surface area contributed by atoms with E-state index < -0.39 is 0 Å². The van der Waals surface area contributed by atoms with E-state index in [-0.39, 0.29) is 6.61 Å². The molecule has 0 unspecified atom stereocenters. The van der Waals surface area contributed by atoms with Gasteiger partial charge in [0.1, 0.15) is 0 Å². The van der Waals surface area contributed by atoms with Crippen LogP contribution in [0.25, 0.3) is 0 Å². The lowest BCUT2D eigenvalue weighted by Crippen LogP contribution is -1.87. The molecule has 0 fully saturated rings. The first-order valence-electron chi connectivity index (χ1n) is 4.32. The molecule has 1 aromatic carbocycles. The van der Waals surface area contributed by atoms with E-state index >= 15 is 0 Å². The van der Waals surface area contributed by atoms with Gasteiger partial charge in [0, 0.05) is 11.5 Å². The molecule has 0 spiro atoms. The van der Waals surface area contributed by atoms with E-state index in [9.17, 15) is 0 Å². The van der Waals surface area contributed by atoms with Gasteiger partial charge in [0.15, 0.2) is 0 Å². The maximum Gasteiger partial charge on any atom is 0.0530 e. The third-order valence-corrected chi connectivity index (χ3v) is 3.96. The number of benzene rings is 1. The van der Waals surface area contributed by atoms with Gasteiger partial charge in [-0.05, 0) is 12.0 Å². The highest BCUT2D eigenvalue weighted by Crippen LogP contribution is 2.21. The highest BCUT2D eigenvalue weighted by Gasteiger charge is 1.92. The molecule has 3 heteroatoms. The van der Waals surface area contributed by atoms with Crippen LogP contribution in [0.1, 0.15) is 5.56 Å². The van der Waals surface area contributed by atoms with Crippen molar-refractivity contribution in [2.24, 2.45) is 0 Å². The maximum absolute atomic E-state index is 8.55. The monoisotopic (exact) mass is 214 g/mol. The lowest BCUT2D eigenvalue weighted by Gasteiger charge is -1.99. The minimum atomic E-state index is 0.281. The molecular formula is C10H14OS2. The predicted molar refractivity (Wildman–Crippen MR) is 62.1 cm³/mol. The fraction of sp³-hybridized carbons (Fsp3) is 0.400. The Morgan fingerprint density at radius 2 is 1.69 bits per heavy atom. The van der Waals surface area contributed by atoms with Crippen LogP contribution in [0.5, 0.6) is 0 Å². The molecule has 1 N–H and O–H groups in total. The van der Waals surface area contributed by atoms with Crippen LogP contribution in [0.4, 0.5) is 0 Å². The summed E-state index contributed by atoms with van der Waals surface area (Å²) in [7, 11) is 3.57. The average molecular weight is 214 g/mol. The third kappa shape index (κ3) is 5.24.